The van der Waals surface area contributed by atoms with Crippen LogP contribution in [0.25, 0.3) is 10.2 Å². The Labute approximate surface area is 213 Å². The summed E-state index contributed by atoms with van der Waals surface area (Å²) in [4.78, 5) is 29.4. The number of rotatable bonds is 11. The molecule has 0 aliphatic carbocycles. The van der Waals surface area contributed by atoms with Crippen LogP contribution in [-0.4, -0.2) is 52.9 Å². The minimum absolute atomic E-state index is 0.0657. The Morgan fingerprint density at radius 2 is 1.92 bits per heavy atom. The molecule has 0 bridgehead atoms. The fourth-order valence-electron chi connectivity index (χ4n) is 3.46. The summed E-state index contributed by atoms with van der Waals surface area (Å²) in [5.74, 6) is -0.663. The number of carbonyl (C=O) groups is 2. The third-order valence-electron chi connectivity index (χ3n) is 5.22. The molecule has 36 heavy (non-hydrogen) atoms. The summed E-state index contributed by atoms with van der Waals surface area (Å²) in [5.41, 5.74) is 0.976. The lowest BCUT2D eigenvalue weighted by Gasteiger charge is -2.25. The summed E-state index contributed by atoms with van der Waals surface area (Å²) in [5, 5.41) is 16.2. The van der Waals surface area contributed by atoms with Crippen molar-refractivity contribution >= 4 is 43.5 Å². The number of sulfonamides is 1. The number of amides is 1. The van der Waals surface area contributed by atoms with Gasteiger partial charge in [0.15, 0.2) is 0 Å². The number of ether oxygens (including phenoxy) is 2. The van der Waals surface area contributed by atoms with E-state index in [0.29, 0.717) is 21.7 Å². The number of nitrogens with one attached hydrogen (secondary N) is 1. The van der Waals surface area contributed by atoms with Crippen molar-refractivity contribution in [3.8, 4) is 5.75 Å². The molecule has 196 valence electrons. The first-order chi connectivity index (χ1) is 16.9. The van der Waals surface area contributed by atoms with Crippen molar-refractivity contribution in [2.24, 2.45) is 17.0 Å². The predicted molar refractivity (Wildman–Crippen MR) is 133 cm³/mol. The topological polar surface area (TPSA) is 168 Å². The minimum atomic E-state index is -3.89. The second kappa shape index (κ2) is 11.3. The smallest absolute Gasteiger partial charge is 0.328 e. The fraction of sp³-hybridized carbons (Fsp3) is 0.500. The van der Waals surface area contributed by atoms with Gasteiger partial charge in [0, 0.05) is 0 Å². The monoisotopic (exact) mass is 538 g/mol. The van der Waals surface area contributed by atoms with E-state index < -0.39 is 28.1 Å². The van der Waals surface area contributed by atoms with Gasteiger partial charge in [-0.2, -0.15) is 0 Å². The molecule has 2 aromatic heterocycles. The zero-order chi connectivity index (χ0) is 26.6. The number of thiazole rings is 1. The number of esters is 1. The lowest BCUT2D eigenvalue weighted by molar-refractivity contribution is -0.149. The first kappa shape index (κ1) is 27.5. The molecule has 14 heteroatoms. The van der Waals surface area contributed by atoms with E-state index in [4.69, 9.17) is 14.6 Å². The van der Waals surface area contributed by atoms with Crippen LogP contribution in [0.1, 0.15) is 46.4 Å². The quantitative estimate of drug-likeness (QED) is 0.347. The van der Waals surface area contributed by atoms with Crippen molar-refractivity contribution in [2.75, 3.05) is 6.61 Å². The van der Waals surface area contributed by atoms with Gasteiger partial charge in [-0.3, -0.25) is 4.79 Å². The summed E-state index contributed by atoms with van der Waals surface area (Å²) in [6.45, 7) is 9.41. The molecule has 0 aliphatic rings. The number of aromatic nitrogens is 4. The lowest BCUT2D eigenvalue weighted by Crippen LogP contribution is -2.48. The number of primary sulfonamides is 1. The molecule has 12 nitrogen and oxygen atoms in total. The maximum atomic E-state index is 13.1. The first-order valence-corrected chi connectivity index (χ1v) is 13.7. The van der Waals surface area contributed by atoms with Crippen molar-refractivity contribution in [1.82, 2.24) is 25.3 Å². The molecule has 0 saturated carbocycles. The van der Waals surface area contributed by atoms with Crippen LogP contribution < -0.4 is 15.2 Å². The van der Waals surface area contributed by atoms with Gasteiger partial charge >= 0.3 is 5.97 Å². The molecule has 0 radical (unpaired) electrons. The standard InChI is InChI=1S/C22H30N6O6S2/c1-6-33-21(30)18(12(2)3)25-20(29)19(13(4)5)28-10-14(26-27-28)11-34-15-7-8-16-17(9-15)35-22(24-16)36(23,31)32/h7-10,12-13,18-19H,6,11H2,1-5H3,(H,25,29)(H2,23,31,32)/t18-,19-/m0/s1. The molecule has 0 fully saturated rings. The second-order valence-corrected chi connectivity index (χ2v) is 11.6. The highest BCUT2D eigenvalue weighted by molar-refractivity contribution is 7.91. The zero-order valence-electron chi connectivity index (χ0n) is 20.7. The van der Waals surface area contributed by atoms with Gasteiger partial charge in [-0.1, -0.05) is 32.9 Å². The van der Waals surface area contributed by atoms with Gasteiger partial charge in [0.25, 0.3) is 10.0 Å². The van der Waals surface area contributed by atoms with Crippen LogP contribution in [-0.2, 0) is 31.0 Å². The summed E-state index contributed by atoms with van der Waals surface area (Å²) in [6, 6.07) is 3.48. The average molecular weight is 539 g/mol. The molecule has 1 amide bonds. The second-order valence-electron chi connectivity index (χ2n) is 8.80. The van der Waals surface area contributed by atoms with Crippen molar-refractivity contribution in [3.05, 3.63) is 30.1 Å². The van der Waals surface area contributed by atoms with Gasteiger partial charge in [-0.15, -0.1) is 16.4 Å². The fourth-order valence-corrected chi connectivity index (χ4v) is 5.15. The molecular weight excluding hydrogens is 508 g/mol. The maximum absolute atomic E-state index is 13.1. The highest BCUT2D eigenvalue weighted by Crippen LogP contribution is 2.28. The molecule has 0 unspecified atom stereocenters. The Balaban J connectivity index is 1.71. The number of benzene rings is 1. The lowest BCUT2D eigenvalue weighted by atomic mass is 10.0. The van der Waals surface area contributed by atoms with Crippen LogP contribution in [0.4, 0.5) is 0 Å². The molecule has 0 spiro atoms. The molecule has 2 heterocycles. The molecule has 0 aliphatic heterocycles. The largest absolute Gasteiger partial charge is 0.487 e. The van der Waals surface area contributed by atoms with E-state index in [9.17, 15) is 18.0 Å². The van der Waals surface area contributed by atoms with Gasteiger partial charge in [-0.25, -0.2) is 28.0 Å². The Bertz CT molecular complexity index is 1330. The maximum Gasteiger partial charge on any atom is 0.328 e. The number of hydrogen-bond acceptors (Lipinski definition) is 10. The van der Waals surface area contributed by atoms with Crippen LogP contribution in [0.3, 0.4) is 0 Å². The summed E-state index contributed by atoms with van der Waals surface area (Å²) in [7, 11) is -3.89. The van der Waals surface area contributed by atoms with Crippen molar-refractivity contribution in [3.63, 3.8) is 0 Å². The molecule has 3 N–H and O–H groups in total. The van der Waals surface area contributed by atoms with E-state index in [1.165, 1.54) is 4.68 Å². The Morgan fingerprint density at radius 1 is 1.19 bits per heavy atom. The van der Waals surface area contributed by atoms with E-state index in [-0.39, 0.29) is 35.3 Å². The highest BCUT2D eigenvalue weighted by atomic mass is 32.2. The Kier molecular flexibility index (Phi) is 8.63. The van der Waals surface area contributed by atoms with E-state index in [1.807, 2.05) is 27.7 Å². The van der Waals surface area contributed by atoms with E-state index in [1.54, 1.807) is 31.3 Å². The molecule has 3 aromatic rings. The van der Waals surface area contributed by atoms with Crippen LogP contribution in [0, 0.1) is 11.8 Å². The normalized spacial score (nSPS) is 13.7. The van der Waals surface area contributed by atoms with Crippen LogP contribution in [0.5, 0.6) is 5.75 Å². The Hall–Kier alpha value is -3.10. The van der Waals surface area contributed by atoms with Gasteiger partial charge in [-0.05, 0) is 37.0 Å². The third kappa shape index (κ3) is 6.56. The van der Waals surface area contributed by atoms with Crippen molar-refractivity contribution in [1.29, 1.82) is 0 Å². The minimum Gasteiger partial charge on any atom is -0.487 e. The molecule has 0 saturated heterocycles. The molecule has 3 rings (SSSR count). The summed E-state index contributed by atoms with van der Waals surface area (Å²) >= 11 is 0.953. The molecule has 1 aromatic carbocycles. The number of carbonyl (C=O) groups excluding carboxylic acids is 2. The number of hydrogen-bond donors (Lipinski definition) is 2. The van der Waals surface area contributed by atoms with Crippen LogP contribution in [0.2, 0.25) is 0 Å². The third-order valence-corrected chi connectivity index (χ3v) is 7.56. The average Bonchev–Trinajstić information content (AvgIpc) is 3.42. The molecule has 2 atom stereocenters. The number of nitrogens with two attached hydrogens (primary N) is 1. The van der Waals surface area contributed by atoms with Gasteiger partial charge in [0.2, 0.25) is 10.2 Å². The van der Waals surface area contributed by atoms with Crippen LogP contribution in [0.15, 0.2) is 28.7 Å². The predicted octanol–water partition coefficient (Wildman–Crippen LogP) is 2.02. The Morgan fingerprint density at radius 3 is 2.53 bits per heavy atom. The highest BCUT2D eigenvalue weighted by Gasteiger charge is 2.32. The number of nitrogens with zero attached hydrogens (tertiary/aromatic N) is 4. The first-order valence-electron chi connectivity index (χ1n) is 11.3. The van der Waals surface area contributed by atoms with E-state index >= 15 is 0 Å². The van der Waals surface area contributed by atoms with Gasteiger partial charge in [0.1, 0.15) is 30.1 Å². The zero-order valence-corrected chi connectivity index (χ0v) is 22.3. The van der Waals surface area contributed by atoms with Crippen molar-refractivity contribution in [2.45, 2.75) is 57.6 Å². The van der Waals surface area contributed by atoms with Gasteiger partial charge in [0.05, 0.1) is 23.0 Å². The van der Waals surface area contributed by atoms with E-state index in [2.05, 4.69) is 20.6 Å². The SMILES string of the molecule is CCOC(=O)[C@@H](NC(=O)[C@H](C(C)C)n1cc(COc2ccc3nc(S(N)(=O)=O)sc3c2)nn1)C(C)C. The summed E-state index contributed by atoms with van der Waals surface area (Å²) < 4.78 is 35.8. The number of fused-ring (bicyclic) bond motifs is 1. The van der Waals surface area contributed by atoms with Crippen LogP contribution >= 0.6 is 11.3 Å². The van der Waals surface area contributed by atoms with Crippen molar-refractivity contribution < 1.29 is 27.5 Å². The van der Waals surface area contributed by atoms with Gasteiger partial charge < -0.3 is 14.8 Å². The summed E-state index contributed by atoms with van der Waals surface area (Å²) in [6.07, 6.45) is 1.61. The van der Waals surface area contributed by atoms with E-state index in [0.717, 1.165) is 11.3 Å². The molecular formula is C22H30N6O6S2.